The zero-order valence-electron chi connectivity index (χ0n) is 10.4. The van der Waals surface area contributed by atoms with Gasteiger partial charge in [-0.3, -0.25) is 19.2 Å². The molecule has 0 rings (SSSR count). The fourth-order valence-electron chi connectivity index (χ4n) is 1.72. The first kappa shape index (κ1) is 17.6. The summed E-state index contributed by atoms with van der Waals surface area (Å²) in [5.74, 6) is -12.4. The van der Waals surface area contributed by atoms with E-state index < -0.39 is 54.0 Å². The van der Waals surface area contributed by atoms with Crippen LogP contribution in [0.5, 0.6) is 0 Å². The number of hydrogen-bond donors (Lipinski definition) is 4. The molecule has 0 aromatic rings. The van der Waals surface area contributed by atoms with E-state index in [9.17, 15) is 19.2 Å². The summed E-state index contributed by atoms with van der Waals surface area (Å²) in [6, 6.07) is 0. The molecule has 0 aliphatic rings. The highest BCUT2D eigenvalue weighted by Crippen LogP contribution is 2.27. The Morgan fingerprint density at radius 1 is 0.850 bits per heavy atom. The van der Waals surface area contributed by atoms with Gasteiger partial charge in [0.2, 0.25) is 0 Å². The van der Waals surface area contributed by atoms with Gasteiger partial charge in [-0.1, -0.05) is 6.08 Å². The first-order valence-corrected chi connectivity index (χ1v) is 5.50. The van der Waals surface area contributed by atoms with Crippen molar-refractivity contribution in [2.24, 2.45) is 23.7 Å². The molecule has 0 amide bonds. The average Bonchev–Trinajstić information content (AvgIpc) is 2.31. The number of carboxylic acid groups (broad SMARTS) is 4. The molecule has 0 fully saturated rings. The van der Waals surface area contributed by atoms with E-state index >= 15 is 0 Å². The first-order valence-electron chi connectivity index (χ1n) is 5.50. The van der Waals surface area contributed by atoms with E-state index in [4.69, 9.17) is 20.4 Å². The molecule has 0 aliphatic heterocycles. The Kier molecular flexibility index (Phi) is 6.40. The summed E-state index contributed by atoms with van der Waals surface area (Å²) in [5.41, 5.74) is 0. The Balaban J connectivity index is 5.36. The lowest BCUT2D eigenvalue weighted by atomic mass is 9.79. The van der Waals surface area contributed by atoms with Crippen LogP contribution in [0.4, 0.5) is 0 Å². The van der Waals surface area contributed by atoms with Gasteiger partial charge in [-0.15, -0.1) is 6.58 Å². The summed E-state index contributed by atoms with van der Waals surface area (Å²) in [6.45, 7) is 6.35. The molecule has 111 valence electrons. The molecule has 0 aromatic carbocycles. The van der Waals surface area contributed by atoms with E-state index in [1.807, 2.05) is 0 Å². The second-order valence-electron chi connectivity index (χ2n) is 4.17. The van der Waals surface area contributed by atoms with Crippen molar-refractivity contribution in [1.29, 1.82) is 0 Å². The minimum Gasteiger partial charge on any atom is -0.481 e. The lowest BCUT2D eigenvalue weighted by Gasteiger charge is -2.23. The molecule has 20 heavy (non-hydrogen) atoms. The highest BCUT2D eigenvalue weighted by atomic mass is 16.4. The van der Waals surface area contributed by atoms with Gasteiger partial charge < -0.3 is 20.4 Å². The summed E-state index contributed by atoms with van der Waals surface area (Å²) in [4.78, 5) is 43.8. The zero-order valence-corrected chi connectivity index (χ0v) is 10.4. The van der Waals surface area contributed by atoms with Crippen LogP contribution >= 0.6 is 0 Å². The van der Waals surface area contributed by atoms with Gasteiger partial charge in [-0.05, 0) is 13.3 Å². The van der Waals surface area contributed by atoms with Gasteiger partial charge >= 0.3 is 23.9 Å². The SMILES string of the molecule is [CH2]C(C(=O)O)C(CC(C(=O)O)C(C=C)C(=O)O)C(=O)O. The normalized spacial score (nSPS) is 16.4. The molecule has 4 atom stereocenters. The third kappa shape index (κ3) is 4.38. The van der Waals surface area contributed by atoms with E-state index in [2.05, 4.69) is 13.5 Å². The minimum atomic E-state index is -1.62. The fraction of sp³-hybridized carbons (Fsp3) is 0.417. The molecule has 0 aliphatic carbocycles. The molecular weight excluding hydrogens is 272 g/mol. The summed E-state index contributed by atoms with van der Waals surface area (Å²) in [5, 5.41) is 35.6. The van der Waals surface area contributed by atoms with E-state index in [0.29, 0.717) is 0 Å². The highest BCUT2D eigenvalue weighted by Gasteiger charge is 2.39. The smallest absolute Gasteiger partial charge is 0.311 e. The number of rotatable bonds is 9. The van der Waals surface area contributed by atoms with Crippen LogP contribution in [0.3, 0.4) is 0 Å². The molecule has 0 heterocycles. The molecule has 8 nitrogen and oxygen atoms in total. The molecule has 0 saturated carbocycles. The quantitative estimate of drug-likeness (QED) is 0.439. The third-order valence-electron chi connectivity index (χ3n) is 2.92. The van der Waals surface area contributed by atoms with Crippen molar-refractivity contribution in [3.8, 4) is 0 Å². The lowest BCUT2D eigenvalue weighted by Crippen LogP contribution is -2.36. The standard InChI is InChI=1S/C12H15O8/c1-3-6(10(15)16)8(12(19)20)4-7(11(17)18)5(2)9(13)14/h3,5-8H,1-2,4H2,(H,13,14)(H,15,16)(H,17,18)(H,19,20). The predicted molar refractivity (Wildman–Crippen MR) is 64.7 cm³/mol. The molecule has 4 N–H and O–H groups in total. The molecule has 0 saturated heterocycles. The minimum absolute atomic E-state index is 0.673. The van der Waals surface area contributed by atoms with Gasteiger partial charge in [0.1, 0.15) is 0 Å². The van der Waals surface area contributed by atoms with Crippen molar-refractivity contribution in [2.45, 2.75) is 6.42 Å². The Morgan fingerprint density at radius 2 is 1.30 bits per heavy atom. The van der Waals surface area contributed by atoms with Gasteiger partial charge in [0.15, 0.2) is 0 Å². The van der Waals surface area contributed by atoms with Gasteiger partial charge in [-0.2, -0.15) is 0 Å². The third-order valence-corrected chi connectivity index (χ3v) is 2.92. The van der Waals surface area contributed by atoms with Crippen molar-refractivity contribution in [3.63, 3.8) is 0 Å². The van der Waals surface area contributed by atoms with Gasteiger partial charge in [-0.25, -0.2) is 0 Å². The van der Waals surface area contributed by atoms with Crippen molar-refractivity contribution in [2.75, 3.05) is 0 Å². The maximum Gasteiger partial charge on any atom is 0.311 e. The number of carbonyl (C=O) groups is 4. The van der Waals surface area contributed by atoms with Gasteiger partial charge in [0, 0.05) is 0 Å². The Morgan fingerprint density at radius 3 is 1.55 bits per heavy atom. The van der Waals surface area contributed by atoms with Crippen molar-refractivity contribution in [1.82, 2.24) is 0 Å². The van der Waals surface area contributed by atoms with Crippen LogP contribution < -0.4 is 0 Å². The molecule has 0 aromatic heterocycles. The summed E-state index contributed by atoms with van der Waals surface area (Å²) < 4.78 is 0. The van der Waals surface area contributed by atoms with Crippen LogP contribution in [-0.2, 0) is 19.2 Å². The molecule has 0 spiro atoms. The van der Waals surface area contributed by atoms with Gasteiger partial charge in [0.05, 0.1) is 23.7 Å². The van der Waals surface area contributed by atoms with Crippen LogP contribution in [0, 0.1) is 30.6 Å². The maximum absolute atomic E-state index is 11.1. The number of carboxylic acids is 4. The largest absolute Gasteiger partial charge is 0.481 e. The van der Waals surface area contributed by atoms with E-state index in [1.165, 1.54) is 0 Å². The molecule has 8 heteroatoms. The van der Waals surface area contributed by atoms with Crippen molar-refractivity contribution >= 4 is 23.9 Å². The second kappa shape index (κ2) is 7.27. The van der Waals surface area contributed by atoms with E-state index in [1.54, 1.807) is 0 Å². The summed E-state index contributed by atoms with van der Waals surface area (Å²) in [7, 11) is 0. The lowest BCUT2D eigenvalue weighted by molar-refractivity contribution is -0.157. The summed E-state index contributed by atoms with van der Waals surface area (Å²) >= 11 is 0. The van der Waals surface area contributed by atoms with Crippen LogP contribution in [0.2, 0.25) is 0 Å². The van der Waals surface area contributed by atoms with Gasteiger partial charge in [0.25, 0.3) is 0 Å². The Labute approximate surface area is 114 Å². The predicted octanol–water partition coefficient (Wildman–Crippen LogP) is 0.200. The summed E-state index contributed by atoms with van der Waals surface area (Å²) in [6.07, 6.45) is 0.201. The monoisotopic (exact) mass is 287 g/mol. The first-order chi connectivity index (χ1) is 9.13. The van der Waals surface area contributed by atoms with Crippen molar-refractivity contribution in [3.05, 3.63) is 19.6 Å². The van der Waals surface area contributed by atoms with Crippen LogP contribution in [-0.4, -0.2) is 44.3 Å². The van der Waals surface area contributed by atoms with Crippen LogP contribution in [0.1, 0.15) is 6.42 Å². The van der Waals surface area contributed by atoms with E-state index in [-0.39, 0.29) is 0 Å². The Hall–Kier alpha value is -2.38. The number of hydrogen-bond acceptors (Lipinski definition) is 4. The second-order valence-corrected chi connectivity index (χ2v) is 4.17. The van der Waals surface area contributed by atoms with Crippen LogP contribution in [0.15, 0.2) is 12.7 Å². The number of aliphatic carboxylic acids is 4. The topological polar surface area (TPSA) is 149 Å². The molecule has 4 unspecified atom stereocenters. The van der Waals surface area contributed by atoms with E-state index in [0.717, 1.165) is 6.08 Å². The van der Waals surface area contributed by atoms with Crippen LogP contribution in [0.25, 0.3) is 0 Å². The fourth-order valence-corrected chi connectivity index (χ4v) is 1.72. The average molecular weight is 287 g/mol. The zero-order chi connectivity index (χ0) is 16.0. The highest BCUT2D eigenvalue weighted by molar-refractivity contribution is 5.84. The molecular formula is C12H15O8. The molecule has 0 bridgehead atoms. The molecule has 1 radical (unpaired) electrons. The maximum atomic E-state index is 11.1. The van der Waals surface area contributed by atoms with Crippen molar-refractivity contribution < 1.29 is 39.6 Å². The Bertz CT molecular complexity index is 427.